The maximum Gasteiger partial charge on any atom is 0.315 e. The van der Waals surface area contributed by atoms with Crippen molar-refractivity contribution in [2.45, 2.75) is 26.8 Å². The first-order valence-corrected chi connectivity index (χ1v) is 7.92. The zero-order valence-corrected chi connectivity index (χ0v) is 14.2. The number of nitrogens with one attached hydrogen (secondary N) is 3. The largest absolute Gasteiger partial charge is 0.332 e. The average molecular weight is 325 g/mol. The van der Waals surface area contributed by atoms with Crippen LogP contribution in [0.1, 0.15) is 29.7 Å². The van der Waals surface area contributed by atoms with E-state index in [1.54, 1.807) is 0 Å². The molecule has 3 N–H and O–H groups in total. The van der Waals surface area contributed by atoms with E-state index in [0.717, 1.165) is 22.4 Å². The summed E-state index contributed by atoms with van der Waals surface area (Å²) in [6, 6.07) is 15.0. The van der Waals surface area contributed by atoms with Gasteiger partial charge >= 0.3 is 6.03 Å². The molecule has 0 fully saturated rings. The summed E-state index contributed by atoms with van der Waals surface area (Å²) in [6.07, 6.45) is 0. The van der Waals surface area contributed by atoms with Crippen LogP contribution in [0.15, 0.2) is 48.5 Å². The normalized spacial score (nSPS) is 11.5. The molecule has 2 rings (SSSR count). The smallest absolute Gasteiger partial charge is 0.315 e. The van der Waals surface area contributed by atoms with Crippen LogP contribution in [-0.4, -0.2) is 18.5 Å². The third-order valence-electron chi connectivity index (χ3n) is 3.80. The number of carbonyl (C=O) groups excluding carboxylic acids is 2. The molecule has 5 heteroatoms. The minimum atomic E-state index is -0.372. The molecule has 0 saturated heterocycles. The van der Waals surface area contributed by atoms with E-state index in [4.69, 9.17) is 0 Å². The fourth-order valence-electron chi connectivity index (χ4n) is 2.43. The monoisotopic (exact) mass is 325 g/mol. The molecular formula is C19H23N3O2. The molecule has 0 spiro atoms. The van der Waals surface area contributed by atoms with Crippen LogP contribution in [0.25, 0.3) is 0 Å². The molecule has 0 saturated carbocycles. The van der Waals surface area contributed by atoms with Gasteiger partial charge in [-0.3, -0.25) is 4.79 Å². The summed E-state index contributed by atoms with van der Waals surface area (Å²) in [4.78, 5) is 23.9. The van der Waals surface area contributed by atoms with Gasteiger partial charge in [0.1, 0.15) is 0 Å². The average Bonchev–Trinajstić information content (AvgIpc) is 2.57. The molecule has 24 heavy (non-hydrogen) atoms. The van der Waals surface area contributed by atoms with Crippen molar-refractivity contribution in [3.63, 3.8) is 0 Å². The highest BCUT2D eigenvalue weighted by Gasteiger charge is 2.11. The second-order valence-electron chi connectivity index (χ2n) is 5.77. The van der Waals surface area contributed by atoms with Gasteiger partial charge in [0, 0.05) is 5.69 Å². The Hall–Kier alpha value is -2.82. The van der Waals surface area contributed by atoms with Crippen LogP contribution >= 0.6 is 0 Å². The first-order valence-electron chi connectivity index (χ1n) is 7.92. The van der Waals surface area contributed by atoms with Gasteiger partial charge in [-0.2, -0.15) is 0 Å². The van der Waals surface area contributed by atoms with Crippen molar-refractivity contribution in [3.05, 3.63) is 65.2 Å². The van der Waals surface area contributed by atoms with Crippen molar-refractivity contribution < 1.29 is 9.59 Å². The van der Waals surface area contributed by atoms with E-state index in [-0.39, 0.29) is 24.5 Å². The maximum atomic E-state index is 12.0. The summed E-state index contributed by atoms with van der Waals surface area (Å²) in [5, 5.41) is 8.23. The number of rotatable bonds is 5. The van der Waals surface area contributed by atoms with Gasteiger partial charge < -0.3 is 16.0 Å². The second kappa shape index (κ2) is 8.15. The Bertz CT molecular complexity index is 694. The molecule has 0 aromatic heterocycles. The number of carbonyl (C=O) groups is 2. The van der Waals surface area contributed by atoms with Gasteiger partial charge in [-0.1, -0.05) is 48.5 Å². The summed E-state index contributed by atoms with van der Waals surface area (Å²) in [5.74, 6) is -0.255. The predicted molar refractivity (Wildman–Crippen MR) is 95.9 cm³/mol. The van der Waals surface area contributed by atoms with Crippen LogP contribution in [0.5, 0.6) is 0 Å². The van der Waals surface area contributed by atoms with Gasteiger partial charge in [0.25, 0.3) is 0 Å². The van der Waals surface area contributed by atoms with Crippen molar-refractivity contribution in [2.24, 2.45) is 0 Å². The molecule has 126 valence electrons. The minimum absolute atomic E-state index is 0.0822. The second-order valence-corrected chi connectivity index (χ2v) is 5.77. The van der Waals surface area contributed by atoms with Gasteiger partial charge in [-0.15, -0.1) is 0 Å². The molecule has 1 atom stereocenters. The van der Waals surface area contributed by atoms with Crippen molar-refractivity contribution in [3.8, 4) is 0 Å². The van der Waals surface area contributed by atoms with Crippen molar-refractivity contribution in [2.75, 3.05) is 11.9 Å². The lowest BCUT2D eigenvalue weighted by atomic mass is 10.1. The zero-order valence-electron chi connectivity index (χ0n) is 14.2. The van der Waals surface area contributed by atoms with Gasteiger partial charge in [0.15, 0.2) is 0 Å². The van der Waals surface area contributed by atoms with Crippen molar-refractivity contribution in [1.82, 2.24) is 10.6 Å². The molecule has 0 heterocycles. The van der Waals surface area contributed by atoms with Crippen LogP contribution in [-0.2, 0) is 4.79 Å². The molecule has 5 nitrogen and oxygen atoms in total. The van der Waals surface area contributed by atoms with E-state index in [0.29, 0.717) is 0 Å². The van der Waals surface area contributed by atoms with E-state index in [9.17, 15) is 9.59 Å². The lowest BCUT2D eigenvalue weighted by Crippen LogP contribution is -2.41. The molecule has 0 radical (unpaired) electrons. The molecule has 0 aliphatic rings. The Morgan fingerprint density at radius 1 is 0.958 bits per heavy atom. The lowest BCUT2D eigenvalue weighted by molar-refractivity contribution is -0.115. The van der Waals surface area contributed by atoms with Crippen LogP contribution < -0.4 is 16.0 Å². The molecule has 1 unspecified atom stereocenters. The van der Waals surface area contributed by atoms with E-state index >= 15 is 0 Å². The van der Waals surface area contributed by atoms with Crippen LogP contribution in [0.3, 0.4) is 0 Å². The highest BCUT2D eigenvalue weighted by Crippen LogP contribution is 2.19. The molecule has 3 amide bonds. The Labute approximate surface area is 142 Å². The molecule has 0 aliphatic carbocycles. The Morgan fingerprint density at radius 3 is 2.21 bits per heavy atom. The topological polar surface area (TPSA) is 70.2 Å². The number of urea groups is 1. The lowest BCUT2D eigenvalue weighted by Gasteiger charge is -2.15. The SMILES string of the molecule is Cc1cccc(C)c1NC(=O)CNC(=O)NC(C)c1ccccc1. The van der Waals surface area contributed by atoms with Crippen LogP contribution in [0.2, 0.25) is 0 Å². The molecular weight excluding hydrogens is 302 g/mol. The van der Waals surface area contributed by atoms with Gasteiger partial charge in [0.2, 0.25) is 5.91 Å². The molecule has 2 aromatic rings. The van der Waals surface area contributed by atoms with E-state index in [1.807, 2.05) is 69.3 Å². The summed E-state index contributed by atoms with van der Waals surface area (Å²) < 4.78 is 0. The maximum absolute atomic E-state index is 12.0. The standard InChI is InChI=1S/C19H23N3O2/c1-13-8-7-9-14(2)18(13)22-17(23)12-20-19(24)21-15(3)16-10-5-4-6-11-16/h4-11,15H,12H2,1-3H3,(H,22,23)(H2,20,21,24). The highest BCUT2D eigenvalue weighted by molar-refractivity contribution is 5.95. The van der Waals surface area contributed by atoms with Crippen LogP contribution in [0.4, 0.5) is 10.5 Å². The van der Waals surface area contributed by atoms with Gasteiger partial charge in [-0.05, 0) is 37.5 Å². The highest BCUT2D eigenvalue weighted by atomic mass is 16.2. The first-order chi connectivity index (χ1) is 11.5. The van der Waals surface area contributed by atoms with Crippen LogP contribution in [0, 0.1) is 13.8 Å². The Kier molecular flexibility index (Phi) is 5.95. The van der Waals surface area contributed by atoms with Crippen molar-refractivity contribution >= 4 is 17.6 Å². The Balaban J connectivity index is 1.82. The number of benzene rings is 2. The number of para-hydroxylation sites is 1. The first kappa shape index (κ1) is 17.5. The minimum Gasteiger partial charge on any atom is -0.332 e. The number of amides is 3. The van der Waals surface area contributed by atoms with Gasteiger partial charge in [0.05, 0.1) is 12.6 Å². The Morgan fingerprint density at radius 2 is 1.58 bits per heavy atom. The number of anilines is 1. The molecule has 0 bridgehead atoms. The molecule has 0 aliphatic heterocycles. The summed E-state index contributed by atoms with van der Waals surface area (Å²) in [6.45, 7) is 5.68. The van der Waals surface area contributed by atoms with E-state index in [1.165, 1.54) is 0 Å². The predicted octanol–water partition coefficient (Wildman–Crippen LogP) is 3.30. The van der Waals surface area contributed by atoms with Gasteiger partial charge in [-0.25, -0.2) is 4.79 Å². The summed E-state index contributed by atoms with van der Waals surface area (Å²) in [7, 11) is 0. The number of hydrogen-bond acceptors (Lipinski definition) is 2. The fourth-order valence-corrected chi connectivity index (χ4v) is 2.43. The fraction of sp³-hybridized carbons (Fsp3) is 0.263. The number of hydrogen-bond donors (Lipinski definition) is 3. The summed E-state index contributed by atoms with van der Waals surface area (Å²) >= 11 is 0. The summed E-state index contributed by atoms with van der Waals surface area (Å²) in [5.41, 5.74) is 3.78. The van der Waals surface area contributed by atoms with E-state index in [2.05, 4.69) is 16.0 Å². The van der Waals surface area contributed by atoms with Crippen molar-refractivity contribution in [1.29, 1.82) is 0 Å². The zero-order chi connectivity index (χ0) is 17.5. The quantitative estimate of drug-likeness (QED) is 0.789. The third kappa shape index (κ3) is 4.84. The number of aryl methyl sites for hydroxylation is 2. The molecule has 2 aromatic carbocycles. The van der Waals surface area contributed by atoms with E-state index < -0.39 is 0 Å². The third-order valence-corrected chi connectivity index (χ3v) is 3.80.